The van der Waals surface area contributed by atoms with Gasteiger partial charge in [0.15, 0.2) is 0 Å². The van der Waals surface area contributed by atoms with E-state index in [0.29, 0.717) is 12.1 Å². The summed E-state index contributed by atoms with van der Waals surface area (Å²) in [5.74, 6) is -2.27. The van der Waals surface area contributed by atoms with E-state index in [2.05, 4.69) is 0 Å². The summed E-state index contributed by atoms with van der Waals surface area (Å²) in [5.41, 5.74) is -1.17. The average molecular weight is 239 g/mol. The van der Waals surface area contributed by atoms with Gasteiger partial charge in [0.2, 0.25) is 0 Å². The molecule has 0 fully saturated rings. The zero-order chi connectivity index (χ0) is 10.9. The van der Waals surface area contributed by atoms with Gasteiger partial charge in [-0.15, -0.1) is 0 Å². The predicted molar refractivity (Wildman–Crippen MR) is 46.7 cm³/mol. The normalized spacial score (nSPS) is 10.0. The first kappa shape index (κ1) is 11.1. The summed E-state index contributed by atoms with van der Waals surface area (Å²) in [4.78, 5) is 21.2. The summed E-state index contributed by atoms with van der Waals surface area (Å²) < 4.78 is 25.7. The van der Waals surface area contributed by atoms with Crippen molar-refractivity contribution in [2.75, 3.05) is 0 Å². The maximum Gasteiger partial charge on any atom is 0.255 e. The second-order valence-corrected chi connectivity index (χ2v) is 3.05. The minimum absolute atomic E-state index is 0.380. The number of halogens is 4. The van der Waals surface area contributed by atoms with Gasteiger partial charge in [-0.3, -0.25) is 9.59 Å². The van der Waals surface area contributed by atoms with Crippen LogP contribution >= 0.6 is 23.2 Å². The van der Waals surface area contributed by atoms with E-state index in [1.54, 1.807) is 0 Å². The third-order valence-electron chi connectivity index (χ3n) is 1.48. The number of benzene rings is 1. The first-order valence-corrected chi connectivity index (χ1v) is 4.07. The third kappa shape index (κ3) is 2.08. The van der Waals surface area contributed by atoms with Crippen LogP contribution in [0.1, 0.15) is 20.7 Å². The lowest BCUT2D eigenvalue weighted by Gasteiger charge is -2.00. The maximum absolute atomic E-state index is 12.8. The predicted octanol–water partition coefficient (Wildman–Crippen LogP) is 2.72. The Labute approximate surface area is 87.4 Å². The summed E-state index contributed by atoms with van der Waals surface area (Å²) in [6, 6.07) is 1.06. The lowest BCUT2D eigenvalue weighted by atomic mass is 10.1. The van der Waals surface area contributed by atoms with Gasteiger partial charge in [0, 0.05) is 6.07 Å². The Morgan fingerprint density at radius 1 is 0.929 bits per heavy atom. The Bertz CT molecular complexity index is 383. The molecule has 0 aliphatic carbocycles. The molecule has 2 nitrogen and oxygen atoms in total. The smallest absolute Gasteiger partial charge is 0.255 e. The van der Waals surface area contributed by atoms with Gasteiger partial charge in [-0.25, -0.2) is 8.78 Å². The molecular weight excluding hydrogens is 237 g/mol. The van der Waals surface area contributed by atoms with E-state index >= 15 is 0 Å². The van der Waals surface area contributed by atoms with Gasteiger partial charge in [0.05, 0.1) is 11.1 Å². The van der Waals surface area contributed by atoms with E-state index < -0.39 is 33.2 Å². The number of carbonyl (C=O) groups is 2. The highest BCUT2D eigenvalue weighted by atomic mass is 35.5. The molecule has 1 rings (SSSR count). The highest BCUT2D eigenvalue weighted by molar-refractivity contribution is 6.69. The molecule has 0 saturated heterocycles. The topological polar surface area (TPSA) is 34.1 Å². The van der Waals surface area contributed by atoms with Gasteiger partial charge in [0.1, 0.15) is 11.6 Å². The Hall–Kier alpha value is -1.00. The molecule has 6 heteroatoms. The van der Waals surface area contributed by atoms with E-state index in [1.807, 2.05) is 0 Å². The number of hydrogen-bond acceptors (Lipinski definition) is 2. The zero-order valence-corrected chi connectivity index (χ0v) is 7.99. The van der Waals surface area contributed by atoms with Crippen LogP contribution in [0.25, 0.3) is 0 Å². The molecule has 0 bridgehead atoms. The fraction of sp³-hybridized carbons (Fsp3) is 0. The van der Waals surface area contributed by atoms with Crippen LogP contribution in [0.2, 0.25) is 0 Å². The van der Waals surface area contributed by atoms with Crippen molar-refractivity contribution in [2.45, 2.75) is 0 Å². The minimum atomic E-state index is -1.14. The SMILES string of the molecule is O=C(Cl)c1cc(C(=O)Cl)c(F)cc1F. The van der Waals surface area contributed by atoms with E-state index in [-0.39, 0.29) is 0 Å². The molecule has 0 saturated carbocycles. The van der Waals surface area contributed by atoms with E-state index in [9.17, 15) is 18.4 Å². The van der Waals surface area contributed by atoms with Crippen LogP contribution in [0.5, 0.6) is 0 Å². The molecule has 0 N–H and O–H groups in total. The van der Waals surface area contributed by atoms with E-state index in [1.165, 1.54) is 0 Å². The van der Waals surface area contributed by atoms with Crippen molar-refractivity contribution in [2.24, 2.45) is 0 Å². The summed E-state index contributed by atoms with van der Waals surface area (Å²) in [7, 11) is 0. The highest BCUT2D eigenvalue weighted by Crippen LogP contribution is 2.18. The molecule has 0 amide bonds. The van der Waals surface area contributed by atoms with Gasteiger partial charge in [0.25, 0.3) is 10.5 Å². The molecule has 0 aliphatic rings. The number of hydrogen-bond donors (Lipinski definition) is 0. The number of rotatable bonds is 2. The summed E-state index contributed by atoms with van der Waals surface area (Å²) in [5, 5.41) is -2.25. The van der Waals surface area contributed by atoms with Gasteiger partial charge in [-0.2, -0.15) is 0 Å². The van der Waals surface area contributed by atoms with Crippen molar-refractivity contribution in [1.82, 2.24) is 0 Å². The van der Waals surface area contributed by atoms with Crippen LogP contribution < -0.4 is 0 Å². The molecule has 0 aliphatic heterocycles. The fourth-order valence-corrected chi connectivity index (χ4v) is 1.14. The molecule has 1 aromatic carbocycles. The van der Waals surface area contributed by atoms with Crippen LogP contribution in [0.15, 0.2) is 12.1 Å². The van der Waals surface area contributed by atoms with Crippen molar-refractivity contribution in [3.63, 3.8) is 0 Å². The summed E-state index contributed by atoms with van der Waals surface area (Å²) in [6.07, 6.45) is 0. The largest absolute Gasteiger partial charge is 0.275 e. The Kier molecular flexibility index (Phi) is 3.18. The van der Waals surface area contributed by atoms with Gasteiger partial charge < -0.3 is 0 Å². The molecule has 0 unspecified atom stereocenters. The second kappa shape index (κ2) is 4.02. The lowest BCUT2D eigenvalue weighted by Crippen LogP contribution is -2.02. The van der Waals surface area contributed by atoms with Gasteiger partial charge in [-0.05, 0) is 29.3 Å². The fourth-order valence-electron chi connectivity index (χ4n) is 0.850. The Balaban J connectivity index is 3.42. The minimum Gasteiger partial charge on any atom is -0.275 e. The number of carbonyl (C=O) groups excluding carboxylic acids is 2. The molecule has 0 heterocycles. The second-order valence-electron chi connectivity index (χ2n) is 2.36. The molecule has 0 radical (unpaired) electrons. The molecule has 1 aromatic rings. The molecular formula is C8H2Cl2F2O2. The van der Waals surface area contributed by atoms with Crippen molar-refractivity contribution in [1.29, 1.82) is 0 Å². The van der Waals surface area contributed by atoms with Crippen molar-refractivity contribution in [3.05, 3.63) is 34.9 Å². The summed E-state index contributed by atoms with van der Waals surface area (Å²) >= 11 is 9.96. The third-order valence-corrected chi connectivity index (χ3v) is 1.89. The van der Waals surface area contributed by atoms with Crippen LogP contribution in [0, 0.1) is 11.6 Å². The Morgan fingerprint density at radius 3 is 1.57 bits per heavy atom. The highest BCUT2D eigenvalue weighted by Gasteiger charge is 2.17. The maximum atomic E-state index is 12.8. The Morgan fingerprint density at radius 2 is 1.29 bits per heavy atom. The first-order chi connectivity index (χ1) is 6.43. The molecule has 0 aromatic heterocycles. The van der Waals surface area contributed by atoms with Crippen molar-refractivity contribution < 1.29 is 18.4 Å². The summed E-state index contributed by atoms with van der Waals surface area (Å²) in [6.45, 7) is 0. The molecule has 0 spiro atoms. The monoisotopic (exact) mass is 238 g/mol. The average Bonchev–Trinajstić information content (AvgIpc) is 2.02. The van der Waals surface area contributed by atoms with Gasteiger partial charge >= 0.3 is 0 Å². The van der Waals surface area contributed by atoms with E-state index in [4.69, 9.17) is 23.2 Å². The molecule has 74 valence electrons. The quantitative estimate of drug-likeness (QED) is 0.743. The van der Waals surface area contributed by atoms with Crippen molar-refractivity contribution >= 4 is 33.7 Å². The molecule has 0 atom stereocenters. The van der Waals surface area contributed by atoms with Crippen LogP contribution in [0.3, 0.4) is 0 Å². The molecule has 14 heavy (non-hydrogen) atoms. The van der Waals surface area contributed by atoms with Crippen LogP contribution in [0.4, 0.5) is 8.78 Å². The lowest BCUT2D eigenvalue weighted by molar-refractivity contribution is 0.107. The van der Waals surface area contributed by atoms with Gasteiger partial charge in [-0.1, -0.05) is 0 Å². The first-order valence-electron chi connectivity index (χ1n) is 3.32. The van der Waals surface area contributed by atoms with Crippen LogP contribution in [-0.2, 0) is 0 Å². The van der Waals surface area contributed by atoms with Crippen LogP contribution in [-0.4, -0.2) is 10.5 Å². The standard InChI is InChI=1S/C8H2Cl2F2O2/c9-7(13)3-1-4(8(10)14)6(12)2-5(3)11/h1-2H. The van der Waals surface area contributed by atoms with Crippen molar-refractivity contribution in [3.8, 4) is 0 Å². The van der Waals surface area contributed by atoms with E-state index in [0.717, 1.165) is 0 Å². The zero-order valence-electron chi connectivity index (χ0n) is 6.48.